The van der Waals surface area contributed by atoms with Crippen LogP contribution >= 0.6 is 0 Å². The van der Waals surface area contributed by atoms with Crippen LogP contribution in [0.3, 0.4) is 0 Å². The van der Waals surface area contributed by atoms with E-state index in [1.165, 1.54) is 5.56 Å². The van der Waals surface area contributed by atoms with Crippen molar-refractivity contribution in [3.8, 4) is 0 Å². The highest BCUT2D eigenvalue weighted by Gasteiger charge is 2.23. The lowest BCUT2D eigenvalue weighted by Crippen LogP contribution is -2.36. The predicted molar refractivity (Wildman–Crippen MR) is 117 cm³/mol. The molecule has 0 spiro atoms. The van der Waals surface area contributed by atoms with Crippen LogP contribution in [0.1, 0.15) is 35.7 Å². The van der Waals surface area contributed by atoms with Crippen LogP contribution < -0.4 is 5.32 Å². The number of pyridine rings is 2. The van der Waals surface area contributed by atoms with E-state index in [4.69, 9.17) is 0 Å². The van der Waals surface area contributed by atoms with Gasteiger partial charge in [-0.15, -0.1) is 0 Å². The molecule has 7 heteroatoms. The maximum Gasteiger partial charge on any atom is 0.246 e. The van der Waals surface area contributed by atoms with Gasteiger partial charge in [0, 0.05) is 44.3 Å². The standard InChI is InChI=1S/C23H26N6O/c1-17-4-3-5-21(26-17)27-22-16-19(8-12-24-22)18-10-14-29(15-11-18)23(30)7-6-20-9-13-25-28(20)2/h3-9,12-13,16,18H,10-11,14-15H2,1-2H3,(H,24,26,27)/b7-6+. The molecule has 1 aliphatic rings. The van der Waals surface area contributed by atoms with E-state index in [-0.39, 0.29) is 5.91 Å². The van der Waals surface area contributed by atoms with Crippen LogP contribution in [0.5, 0.6) is 0 Å². The summed E-state index contributed by atoms with van der Waals surface area (Å²) in [6.07, 6.45) is 8.90. The number of carbonyl (C=O) groups excluding carboxylic acids is 1. The lowest BCUT2D eigenvalue weighted by molar-refractivity contribution is -0.126. The Hall–Kier alpha value is -3.48. The van der Waals surface area contributed by atoms with Crippen molar-refractivity contribution in [1.82, 2.24) is 24.6 Å². The summed E-state index contributed by atoms with van der Waals surface area (Å²) in [6.45, 7) is 3.48. The largest absolute Gasteiger partial charge is 0.339 e. The molecule has 1 saturated heterocycles. The van der Waals surface area contributed by atoms with Crippen LogP contribution in [0.2, 0.25) is 0 Å². The topological polar surface area (TPSA) is 75.9 Å². The first-order chi connectivity index (χ1) is 14.6. The number of aromatic nitrogens is 4. The van der Waals surface area contributed by atoms with Crippen LogP contribution in [0, 0.1) is 6.92 Å². The average molecular weight is 403 g/mol. The zero-order chi connectivity index (χ0) is 20.9. The minimum atomic E-state index is 0.0530. The number of hydrogen-bond acceptors (Lipinski definition) is 5. The highest BCUT2D eigenvalue weighted by Crippen LogP contribution is 2.29. The lowest BCUT2D eigenvalue weighted by Gasteiger charge is -2.31. The maximum absolute atomic E-state index is 12.5. The molecule has 7 nitrogen and oxygen atoms in total. The SMILES string of the molecule is Cc1cccc(Nc2cc(C3CCN(C(=O)/C=C/c4ccnn4C)CC3)ccn2)n1. The Kier molecular flexibility index (Phi) is 5.88. The third-order valence-electron chi connectivity index (χ3n) is 5.46. The van der Waals surface area contributed by atoms with E-state index in [1.807, 2.05) is 55.4 Å². The van der Waals surface area contributed by atoms with E-state index in [1.54, 1.807) is 17.0 Å². The summed E-state index contributed by atoms with van der Waals surface area (Å²) < 4.78 is 1.75. The number of rotatable bonds is 5. The summed E-state index contributed by atoms with van der Waals surface area (Å²) in [6, 6.07) is 11.9. The van der Waals surface area contributed by atoms with Crippen LogP contribution in [0.15, 0.2) is 54.9 Å². The molecule has 4 rings (SSSR count). The molecule has 1 aliphatic heterocycles. The van der Waals surface area contributed by atoms with Gasteiger partial charge in [-0.05, 0) is 67.7 Å². The summed E-state index contributed by atoms with van der Waals surface area (Å²) in [7, 11) is 1.86. The summed E-state index contributed by atoms with van der Waals surface area (Å²) >= 11 is 0. The van der Waals surface area contributed by atoms with Crippen LogP contribution in [0.25, 0.3) is 6.08 Å². The van der Waals surface area contributed by atoms with Gasteiger partial charge in [-0.1, -0.05) is 6.07 Å². The van der Waals surface area contributed by atoms with Crippen molar-refractivity contribution in [1.29, 1.82) is 0 Å². The molecule has 0 aromatic carbocycles. The molecule has 0 bridgehead atoms. The molecule has 30 heavy (non-hydrogen) atoms. The summed E-state index contributed by atoms with van der Waals surface area (Å²) in [5.41, 5.74) is 3.13. The molecule has 1 N–H and O–H groups in total. The van der Waals surface area contributed by atoms with E-state index in [9.17, 15) is 4.79 Å². The molecule has 4 heterocycles. The van der Waals surface area contributed by atoms with Gasteiger partial charge in [-0.3, -0.25) is 9.48 Å². The molecule has 0 radical (unpaired) electrons. The number of nitrogens with zero attached hydrogens (tertiary/aromatic N) is 5. The summed E-state index contributed by atoms with van der Waals surface area (Å²) in [4.78, 5) is 23.3. The number of likely N-dealkylation sites (tertiary alicyclic amines) is 1. The number of hydrogen-bond donors (Lipinski definition) is 1. The minimum absolute atomic E-state index is 0.0530. The second-order valence-electron chi connectivity index (χ2n) is 7.58. The third-order valence-corrected chi connectivity index (χ3v) is 5.46. The fraction of sp³-hybridized carbons (Fsp3) is 0.304. The van der Waals surface area contributed by atoms with Gasteiger partial charge in [-0.25, -0.2) is 9.97 Å². The zero-order valence-electron chi connectivity index (χ0n) is 17.3. The smallest absolute Gasteiger partial charge is 0.246 e. The number of anilines is 2. The third kappa shape index (κ3) is 4.74. The summed E-state index contributed by atoms with van der Waals surface area (Å²) in [5.74, 6) is 2.06. The first-order valence-electron chi connectivity index (χ1n) is 10.2. The zero-order valence-corrected chi connectivity index (χ0v) is 17.3. The van der Waals surface area contributed by atoms with E-state index in [0.29, 0.717) is 5.92 Å². The second-order valence-corrected chi connectivity index (χ2v) is 7.58. The van der Waals surface area contributed by atoms with Crippen molar-refractivity contribution in [3.63, 3.8) is 0 Å². The first kappa shape index (κ1) is 19.8. The Morgan fingerprint density at radius 2 is 1.97 bits per heavy atom. The summed E-state index contributed by atoms with van der Waals surface area (Å²) in [5, 5.41) is 7.40. The Bertz CT molecular complexity index is 1050. The minimum Gasteiger partial charge on any atom is -0.339 e. The molecule has 3 aromatic heterocycles. The van der Waals surface area contributed by atoms with E-state index in [0.717, 1.165) is 49.0 Å². The average Bonchev–Trinajstić information content (AvgIpc) is 3.17. The Labute approximate surface area is 176 Å². The normalized spacial score (nSPS) is 14.9. The number of aryl methyl sites for hydroxylation is 2. The van der Waals surface area contributed by atoms with Gasteiger partial charge >= 0.3 is 0 Å². The molecule has 1 fully saturated rings. The van der Waals surface area contributed by atoms with Gasteiger partial charge in [-0.2, -0.15) is 5.10 Å². The highest BCUT2D eigenvalue weighted by molar-refractivity contribution is 5.91. The molecule has 0 saturated carbocycles. The van der Waals surface area contributed by atoms with Crippen molar-refractivity contribution in [2.24, 2.45) is 7.05 Å². The fourth-order valence-electron chi connectivity index (χ4n) is 3.76. The molecule has 154 valence electrons. The van der Waals surface area contributed by atoms with E-state index in [2.05, 4.69) is 32.5 Å². The van der Waals surface area contributed by atoms with Crippen LogP contribution in [-0.4, -0.2) is 43.6 Å². The highest BCUT2D eigenvalue weighted by atomic mass is 16.2. The molecule has 0 atom stereocenters. The molecular weight excluding hydrogens is 376 g/mol. The van der Waals surface area contributed by atoms with Crippen molar-refractivity contribution in [2.45, 2.75) is 25.7 Å². The Balaban J connectivity index is 1.35. The Morgan fingerprint density at radius 1 is 1.13 bits per heavy atom. The fourth-order valence-corrected chi connectivity index (χ4v) is 3.76. The number of amides is 1. The number of piperidine rings is 1. The molecule has 0 unspecified atom stereocenters. The molecule has 3 aromatic rings. The molecular formula is C23H26N6O. The Morgan fingerprint density at radius 3 is 2.70 bits per heavy atom. The number of nitrogens with one attached hydrogen (secondary N) is 1. The molecule has 0 aliphatic carbocycles. The van der Waals surface area contributed by atoms with Gasteiger partial charge < -0.3 is 10.2 Å². The van der Waals surface area contributed by atoms with Gasteiger partial charge in [0.1, 0.15) is 11.6 Å². The maximum atomic E-state index is 12.5. The van der Waals surface area contributed by atoms with Crippen LogP contribution in [-0.2, 0) is 11.8 Å². The van der Waals surface area contributed by atoms with Crippen molar-refractivity contribution < 1.29 is 4.79 Å². The van der Waals surface area contributed by atoms with Gasteiger partial charge in [0.2, 0.25) is 5.91 Å². The van der Waals surface area contributed by atoms with Crippen molar-refractivity contribution in [3.05, 3.63) is 71.8 Å². The quantitative estimate of drug-likeness (QED) is 0.659. The van der Waals surface area contributed by atoms with Crippen LogP contribution in [0.4, 0.5) is 11.6 Å². The van der Waals surface area contributed by atoms with Gasteiger partial charge in [0.15, 0.2) is 0 Å². The lowest BCUT2D eigenvalue weighted by atomic mass is 9.90. The first-order valence-corrected chi connectivity index (χ1v) is 10.2. The second kappa shape index (κ2) is 8.90. The van der Waals surface area contributed by atoms with E-state index >= 15 is 0 Å². The van der Waals surface area contributed by atoms with E-state index < -0.39 is 0 Å². The monoisotopic (exact) mass is 402 g/mol. The predicted octanol–water partition coefficient (Wildman–Crippen LogP) is 3.68. The molecule has 1 amide bonds. The van der Waals surface area contributed by atoms with Gasteiger partial charge in [0.05, 0.1) is 5.69 Å². The van der Waals surface area contributed by atoms with Gasteiger partial charge in [0.25, 0.3) is 0 Å². The number of carbonyl (C=O) groups is 1. The van der Waals surface area contributed by atoms with Crippen molar-refractivity contribution >= 4 is 23.6 Å². The van der Waals surface area contributed by atoms with Crippen molar-refractivity contribution in [2.75, 3.05) is 18.4 Å².